The largest absolute Gasteiger partial charge is 0.394 e. The fraction of sp³-hybridized carbons (Fsp3) is 0.500. The van der Waals surface area contributed by atoms with Crippen LogP contribution in [0.15, 0.2) is 12.7 Å². The van der Waals surface area contributed by atoms with E-state index in [1.165, 1.54) is 17.3 Å². The molecule has 0 amide bonds. The summed E-state index contributed by atoms with van der Waals surface area (Å²) in [5, 5.41) is 27.8. The van der Waals surface area contributed by atoms with Crippen LogP contribution >= 0.6 is 0 Å². The second-order valence-corrected chi connectivity index (χ2v) is 3.87. The topological polar surface area (TPSA) is 134 Å². The second kappa shape index (κ2) is 6.73. The number of rotatable bonds is 7. The molecular formula is C10H16N8O2. The Hall–Kier alpha value is -2.33. The van der Waals surface area contributed by atoms with Crippen molar-refractivity contribution in [2.24, 2.45) is 0 Å². The molecule has 2 aromatic heterocycles. The summed E-state index contributed by atoms with van der Waals surface area (Å²) in [6.45, 7) is 2.36. The lowest BCUT2D eigenvalue weighted by atomic mass is 10.4. The molecule has 1 unspecified atom stereocenters. The third kappa shape index (κ3) is 3.59. The first kappa shape index (κ1) is 14.1. The van der Waals surface area contributed by atoms with Crippen LogP contribution in [-0.4, -0.2) is 65.7 Å². The van der Waals surface area contributed by atoms with Gasteiger partial charge in [-0.3, -0.25) is 0 Å². The summed E-state index contributed by atoms with van der Waals surface area (Å²) in [5.41, 5.74) is 0. The van der Waals surface area contributed by atoms with Crippen LogP contribution in [0.3, 0.4) is 0 Å². The summed E-state index contributed by atoms with van der Waals surface area (Å²) in [5.74, 6) is 0.956. The van der Waals surface area contributed by atoms with Crippen molar-refractivity contribution in [3.63, 3.8) is 0 Å². The molecule has 0 saturated carbocycles. The molecule has 0 aliphatic carbocycles. The molecule has 0 bridgehead atoms. The van der Waals surface area contributed by atoms with Gasteiger partial charge in [0.2, 0.25) is 11.9 Å². The van der Waals surface area contributed by atoms with Crippen molar-refractivity contribution in [2.75, 3.05) is 30.3 Å². The SMILES string of the molecule is CCNc1nc(NCC(O)CO)nc(-n2cncn2)n1. The highest BCUT2D eigenvalue weighted by molar-refractivity contribution is 5.37. The van der Waals surface area contributed by atoms with Gasteiger partial charge in [0.1, 0.15) is 12.7 Å². The van der Waals surface area contributed by atoms with Crippen molar-refractivity contribution in [3.05, 3.63) is 12.7 Å². The minimum atomic E-state index is -0.885. The van der Waals surface area contributed by atoms with E-state index < -0.39 is 6.10 Å². The number of aliphatic hydroxyl groups excluding tert-OH is 2. The lowest BCUT2D eigenvalue weighted by Crippen LogP contribution is -2.24. The predicted octanol–water partition coefficient (Wildman–Crippen LogP) is -1.35. The first-order valence-electron chi connectivity index (χ1n) is 6.10. The van der Waals surface area contributed by atoms with Crippen molar-refractivity contribution in [1.82, 2.24) is 29.7 Å². The third-order valence-electron chi connectivity index (χ3n) is 2.29. The number of nitrogens with zero attached hydrogens (tertiary/aromatic N) is 6. The van der Waals surface area contributed by atoms with Gasteiger partial charge in [-0.1, -0.05) is 0 Å². The van der Waals surface area contributed by atoms with Gasteiger partial charge in [0.05, 0.1) is 12.7 Å². The van der Waals surface area contributed by atoms with E-state index in [2.05, 4.69) is 35.7 Å². The molecule has 1 atom stereocenters. The van der Waals surface area contributed by atoms with Crippen molar-refractivity contribution in [2.45, 2.75) is 13.0 Å². The van der Waals surface area contributed by atoms with E-state index in [-0.39, 0.29) is 19.1 Å². The van der Waals surface area contributed by atoms with Crippen LogP contribution in [0.5, 0.6) is 0 Å². The highest BCUT2D eigenvalue weighted by Gasteiger charge is 2.09. The molecule has 2 rings (SSSR count). The van der Waals surface area contributed by atoms with E-state index in [0.717, 1.165) is 0 Å². The predicted molar refractivity (Wildman–Crippen MR) is 70.5 cm³/mol. The van der Waals surface area contributed by atoms with Crippen LogP contribution < -0.4 is 10.6 Å². The summed E-state index contributed by atoms with van der Waals surface area (Å²) in [4.78, 5) is 16.3. The van der Waals surface area contributed by atoms with Gasteiger partial charge >= 0.3 is 0 Å². The molecule has 2 heterocycles. The van der Waals surface area contributed by atoms with Crippen LogP contribution in [-0.2, 0) is 0 Å². The number of nitrogens with one attached hydrogen (secondary N) is 2. The molecule has 0 radical (unpaired) electrons. The molecule has 10 heteroatoms. The van der Waals surface area contributed by atoms with Crippen LogP contribution in [0, 0.1) is 0 Å². The highest BCUT2D eigenvalue weighted by atomic mass is 16.3. The quantitative estimate of drug-likeness (QED) is 0.485. The number of hydrogen-bond donors (Lipinski definition) is 4. The molecule has 20 heavy (non-hydrogen) atoms. The smallest absolute Gasteiger partial charge is 0.258 e. The van der Waals surface area contributed by atoms with Gasteiger partial charge in [-0.05, 0) is 6.92 Å². The van der Waals surface area contributed by atoms with E-state index >= 15 is 0 Å². The van der Waals surface area contributed by atoms with Crippen LogP contribution in [0.4, 0.5) is 11.9 Å². The van der Waals surface area contributed by atoms with E-state index in [4.69, 9.17) is 5.11 Å². The van der Waals surface area contributed by atoms with Crippen molar-refractivity contribution < 1.29 is 10.2 Å². The maximum Gasteiger partial charge on any atom is 0.258 e. The number of hydrogen-bond acceptors (Lipinski definition) is 9. The minimum Gasteiger partial charge on any atom is -0.394 e. The molecule has 4 N–H and O–H groups in total. The lowest BCUT2D eigenvalue weighted by molar-refractivity contribution is 0.105. The normalized spacial score (nSPS) is 12.2. The molecule has 0 aromatic carbocycles. The lowest BCUT2D eigenvalue weighted by Gasteiger charge is -2.11. The fourth-order valence-corrected chi connectivity index (χ4v) is 1.37. The second-order valence-electron chi connectivity index (χ2n) is 3.87. The summed E-state index contributed by atoms with van der Waals surface area (Å²) in [6.07, 6.45) is 1.96. The Labute approximate surface area is 114 Å². The Balaban J connectivity index is 2.22. The van der Waals surface area contributed by atoms with Gasteiger partial charge < -0.3 is 20.8 Å². The van der Waals surface area contributed by atoms with Crippen molar-refractivity contribution >= 4 is 11.9 Å². The van der Waals surface area contributed by atoms with E-state index in [9.17, 15) is 5.11 Å². The van der Waals surface area contributed by atoms with Crippen LogP contribution in [0.25, 0.3) is 5.95 Å². The third-order valence-corrected chi connectivity index (χ3v) is 2.29. The van der Waals surface area contributed by atoms with E-state index in [1.807, 2.05) is 6.92 Å². The van der Waals surface area contributed by atoms with Gasteiger partial charge in [-0.25, -0.2) is 4.98 Å². The van der Waals surface area contributed by atoms with Gasteiger partial charge in [0, 0.05) is 13.1 Å². The van der Waals surface area contributed by atoms with Gasteiger partial charge in [-0.2, -0.15) is 24.7 Å². The zero-order valence-electron chi connectivity index (χ0n) is 10.9. The Kier molecular flexibility index (Phi) is 4.74. The van der Waals surface area contributed by atoms with E-state index in [0.29, 0.717) is 18.4 Å². The first-order valence-corrected chi connectivity index (χ1v) is 6.10. The minimum absolute atomic E-state index is 0.128. The molecule has 0 saturated heterocycles. The Morgan fingerprint density at radius 3 is 2.60 bits per heavy atom. The highest BCUT2D eigenvalue weighted by Crippen LogP contribution is 2.08. The van der Waals surface area contributed by atoms with Gasteiger partial charge in [-0.15, -0.1) is 0 Å². The Bertz CT molecular complexity index is 532. The van der Waals surface area contributed by atoms with Gasteiger partial charge in [0.25, 0.3) is 5.95 Å². The first-order chi connectivity index (χ1) is 9.72. The average molecular weight is 280 g/mol. The van der Waals surface area contributed by atoms with Gasteiger partial charge in [0.15, 0.2) is 0 Å². The molecular weight excluding hydrogens is 264 g/mol. The molecule has 0 spiro atoms. The molecule has 10 nitrogen and oxygen atoms in total. The van der Waals surface area contributed by atoms with Crippen LogP contribution in [0.2, 0.25) is 0 Å². The monoisotopic (exact) mass is 280 g/mol. The van der Waals surface area contributed by atoms with Crippen molar-refractivity contribution in [1.29, 1.82) is 0 Å². The van der Waals surface area contributed by atoms with E-state index in [1.54, 1.807) is 0 Å². The molecule has 108 valence electrons. The summed E-state index contributed by atoms with van der Waals surface area (Å²) in [7, 11) is 0. The summed E-state index contributed by atoms with van der Waals surface area (Å²) >= 11 is 0. The molecule has 2 aromatic rings. The zero-order valence-corrected chi connectivity index (χ0v) is 10.9. The summed E-state index contributed by atoms with van der Waals surface area (Å²) in [6, 6.07) is 0. The van der Waals surface area contributed by atoms with Crippen LogP contribution in [0.1, 0.15) is 6.92 Å². The number of anilines is 2. The molecule has 0 fully saturated rings. The van der Waals surface area contributed by atoms with Crippen molar-refractivity contribution in [3.8, 4) is 5.95 Å². The Morgan fingerprint density at radius 1 is 1.25 bits per heavy atom. The number of aliphatic hydroxyl groups is 2. The standard InChI is InChI=1S/C10H16N8O2/c1-2-12-8-15-9(13-3-7(20)4-19)17-10(16-8)18-6-11-5-14-18/h5-7,19-20H,2-4H2,1H3,(H2,12,13,15,16,17). The number of aromatic nitrogens is 6. The molecule has 0 aliphatic heterocycles. The zero-order chi connectivity index (χ0) is 14.4. The maximum atomic E-state index is 9.32. The average Bonchev–Trinajstić information content (AvgIpc) is 2.99. The molecule has 0 aliphatic rings. The summed E-state index contributed by atoms with van der Waals surface area (Å²) < 4.78 is 1.40. The maximum absolute atomic E-state index is 9.32. The Morgan fingerprint density at radius 2 is 2.00 bits per heavy atom. The fourth-order valence-electron chi connectivity index (χ4n) is 1.37.